The van der Waals surface area contributed by atoms with E-state index in [1.807, 2.05) is 0 Å². The van der Waals surface area contributed by atoms with E-state index in [9.17, 15) is 4.79 Å². The monoisotopic (exact) mass is 206 g/mol. The molecule has 1 atom stereocenters. The van der Waals surface area contributed by atoms with Crippen molar-refractivity contribution in [1.82, 2.24) is 5.32 Å². The molecule has 1 amide bonds. The first-order valence-electron chi connectivity index (χ1n) is 4.23. The highest BCUT2D eigenvalue weighted by molar-refractivity contribution is 5.78. The Kier molecular flexibility index (Phi) is 7.31. The lowest BCUT2D eigenvalue weighted by atomic mass is 10.3. The van der Waals surface area contributed by atoms with Crippen LogP contribution in [-0.4, -0.2) is 52.7 Å². The number of nitrogens with one attached hydrogen (secondary N) is 1. The second kappa shape index (κ2) is 7.69. The summed E-state index contributed by atoms with van der Waals surface area (Å²) in [4.78, 5) is 11.0. The van der Waals surface area contributed by atoms with Crippen molar-refractivity contribution in [3.63, 3.8) is 0 Å². The summed E-state index contributed by atoms with van der Waals surface area (Å²) in [6.07, 6.45) is -0.537. The molecular weight excluding hydrogens is 188 g/mol. The summed E-state index contributed by atoms with van der Waals surface area (Å²) in [6, 6.07) is -0.356. The van der Waals surface area contributed by atoms with E-state index in [-0.39, 0.29) is 18.5 Å². The lowest BCUT2D eigenvalue weighted by molar-refractivity contribution is -0.142. The van der Waals surface area contributed by atoms with Crippen LogP contribution in [-0.2, 0) is 19.0 Å². The molecule has 0 aliphatic heterocycles. The van der Waals surface area contributed by atoms with Crippen molar-refractivity contribution in [3.8, 4) is 0 Å². The van der Waals surface area contributed by atoms with Crippen LogP contribution in [0.5, 0.6) is 0 Å². The van der Waals surface area contributed by atoms with Crippen LogP contribution in [0.15, 0.2) is 0 Å². The number of nitrogens with two attached hydrogens (primary N) is 1. The minimum atomic E-state index is -0.537. The lowest BCUT2D eigenvalue weighted by Crippen LogP contribution is -2.49. The number of ether oxygens (including phenoxy) is 3. The molecule has 0 spiro atoms. The van der Waals surface area contributed by atoms with Gasteiger partial charge >= 0.3 is 0 Å². The summed E-state index contributed by atoms with van der Waals surface area (Å²) in [7, 11) is 4.51. The third kappa shape index (κ3) is 4.52. The Bertz CT molecular complexity index is 161. The second-order valence-corrected chi connectivity index (χ2v) is 2.67. The van der Waals surface area contributed by atoms with Gasteiger partial charge in [0.2, 0.25) is 5.91 Å². The van der Waals surface area contributed by atoms with E-state index >= 15 is 0 Å². The molecular formula is C8H18N2O4. The summed E-state index contributed by atoms with van der Waals surface area (Å²) in [5.41, 5.74) is 5.17. The largest absolute Gasteiger partial charge is 0.382 e. The normalized spacial score (nSPS) is 12.9. The molecule has 0 aromatic heterocycles. The molecule has 0 heterocycles. The molecule has 0 aliphatic carbocycles. The number of rotatable bonds is 7. The maximum absolute atomic E-state index is 11.0. The van der Waals surface area contributed by atoms with Gasteiger partial charge in [-0.25, -0.2) is 0 Å². The Balaban J connectivity index is 4.17. The maximum Gasteiger partial charge on any atom is 0.234 e. The Morgan fingerprint density at radius 2 is 1.93 bits per heavy atom. The Labute approximate surface area is 83.7 Å². The molecule has 0 radical (unpaired) electrons. The summed E-state index contributed by atoms with van der Waals surface area (Å²) in [5, 5.41) is 2.63. The number of amides is 1. The van der Waals surface area contributed by atoms with Gasteiger partial charge in [0, 0.05) is 21.3 Å². The SMILES string of the molecule is COCC(NC(=O)CN)C(OC)OC. The minimum absolute atomic E-state index is 0.0691. The van der Waals surface area contributed by atoms with Gasteiger partial charge in [-0.1, -0.05) is 0 Å². The van der Waals surface area contributed by atoms with Gasteiger partial charge in [0.05, 0.1) is 13.2 Å². The Morgan fingerprint density at radius 3 is 2.29 bits per heavy atom. The summed E-state index contributed by atoms with van der Waals surface area (Å²) in [5.74, 6) is -0.272. The molecule has 0 saturated heterocycles. The molecule has 0 aliphatic rings. The van der Waals surface area contributed by atoms with Gasteiger partial charge in [0.15, 0.2) is 6.29 Å². The number of hydrogen-bond acceptors (Lipinski definition) is 5. The first-order chi connectivity index (χ1) is 6.69. The molecule has 0 bridgehead atoms. The fraction of sp³-hybridized carbons (Fsp3) is 0.875. The average molecular weight is 206 g/mol. The summed E-state index contributed by atoms with van der Waals surface area (Å²) < 4.78 is 14.9. The molecule has 0 aromatic rings. The molecule has 3 N–H and O–H groups in total. The molecule has 84 valence electrons. The van der Waals surface area contributed by atoms with E-state index in [0.29, 0.717) is 6.61 Å². The highest BCUT2D eigenvalue weighted by Gasteiger charge is 2.22. The van der Waals surface area contributed by atoms with Crippen LogP contribution in [0.4, 0.5) is 0 Å². The number of hydrogen-bond donors (Lipinski definition) is 2. The van der Waals surface area contributed by atoms with Crippen LogP contribution in [0.2, 0.25) is 0 Å². The first-order valence-corrected chi connectivity index (χ1v) is 4.23. The van der Waals surface area contributed by atoms with Crippen molar-refractivity contribution in [2.45, 2.75) is 12.3 Å². The van der Waals surface area contributed by atoms with E-state index in [4.69, 9.17) is 19.9 Å². The first kappa shape index (κ1) is 13.3. The summed E-state index contributed by atoms with van der Waals surface area (Å²) >= 11 is 0. The van der Waals surface area contributed by atoms with Crippen LogP contribution >= 0.6 is 0 Å². The summed E-state index contributed by atoms with van der Waals surface area (Å²) in [6.45, 7) is 0.235. The predicted octanol–water partition coefficient (Wildman–Crippen LogP) is -1.30. The van der Waals surface area contributed by atoms with E-state index < -0.39 is 6.29 Å². The fourth-order valence-electron chi connectivity index (χ4n) is 1.06. The molecule has 6 heteroatoms. The van der Waals surface area contributed by atoms with Gasteiger partial charge in [-0.05, 0) is 0 Å². The maximum atomic E-state index is 11.0. The average Bonchev–Trinajstić information content (AvgIpc) is 2.19. The van der Waals surface area contributed by atoms with Crippen molar-refractivity contribution in [1.29, 1.82) is 0 Å². The van der Waals surface area contributed by atoms with Crippen LogP contribution in [0.1, 0.15) is 0 Å². The van der Waals surface area contributed by atoms with Crippen LogP contribution in [0, 0.1) is 0 Å². The van der Waals surface area contributed by atoms with Crippen LogP contribution in [0.25, 0.3) is 0 Å². The van der Waals surface area contributed by atoms with Crippen LogP contribution in [0.3, 0.4) is 0 Å². The zero-order chi connectivity index (χ0) is 11.0. The zero-order valence-corrected chi connectivity index (χ0v) is 8.78. The second-order valence-electron chi connectivity index (χ2n) is 2.67. The van der Waals surface area contributed by atoms with Crippen LogP contribution < -0.4 is 11.1 Å². The highest BCUT2D eigenvalue weighted by atomic mass is 16.7. The van der Waals surface area contributed by atoms with Gasteiger partial charge in [0.1, 0.15) is 6.04 Å². The fourth-order valence-corrected chi connectivity index (χ4v) is 1.06. The van der Waals surface area contributed by atoms with Crippen molar-refractivity contribution in [2.24, 2.45) is 5.73 Å². The standard InChI is InChI=1S/C8H18N2O4/c1-12-5-6(8(13-2)14-3)10-7(11)4-9/h6,8H,4-5,9H2,1-3H3,(H,10,11). The molecule has 0 fully saturated rings. The van der Waals surface area contributed by atoms with E-state index in [2.05, 4.69) is 5.32 Å². The predicted molar refractivity (Wildman–Crippen MR) is 50.7 cm³/mol. The molecule has 14 heavy (non-hydrogen) atoms. The van der Waals surface area contributed by atoms with Crippen molar-refractivity contribution in [3.05, 3.63) is 0 Å². The van der Waals surface area contributed by atoms with E-state index in [0.717, 1.165) is 0 Å². The highest BCUT2D eigenvalue weighted by Crippen LogP contribution is 1.99. The van der Waals surface area contributed by atoms with Gasteiger partial charge in [-0.15, -0.1) is 0 Å². The Hall–Kier alpha value is -0.690. The number of carbonyl (C=O) groups excluding carboxylic acids is 1. The molecule has 6 nitrogen and oxygen atoms in total. The van der Waals surface area contributed by atoms with Gasteiger partial charge in [-0.3, -0.25) is 4.79 Å². The molecule has 0 aromatic carbocycles. The number of carbonyl (C=O) groups is 1. The van der Waals surface area contributed by atoms with E-state index in [1.54, 1.807) is 0 Å². The van der Waals surface area contributed by atoms with Gasteiger partial charge < -0.3 is 25.3 Å². The smallest absolute Gasteiger partial charge is 0.234 e. The topological polar surface area (TPSA) is 82.8 Å². The molecule has 0 saturated carbocycles. The lowest BCUT2D eigenvalue weighted by Gasteiger charge is -2.24. The quantitative estimate of drug-likeness (QED) is 0.506. The molecule has 0 rings (SSSR count). The minimum Gasteiger partial charge on any atom is -0.382 e. The van der Waals surface area contributed by atoms with Crippen molar-refractivity contribution in [2.75, 3.05) is 34.5 Å². The number of methoxy groups -OCH3 is 3. The Morgan fingerprint density at radius 1 is 1.36 bits per heavy atom. The van der Waals surface area contributed by atoms with Crippen molar-refractivity contribution >= 4 is 5.91 Å². The third-order valence-corrected chi connectivity index (χ3v) is 1.67. The van der Waals surface area contributed by atoms with Crippen molar-refractivity contribution < 1.29 is 19.0 Å². The van der Waals surface area contributed by atoms with E-state index in [1.165, 1.54) is 21.3 Å². The zero-order valence-electron chi connectivity index (χ0n) is 8.78. The van der Waals surface area contributed by atoms with Gasteiger partial charge in [-0.2, -0.15) is 0 Å². The van der Waals surface area contributed by atoms with Gasteiger partial charge in [0.25, 0.3) is 0 Å². The third-order valence-electron chi connectivity index (χ3n) is 1.67. The molecule has 1 unspecified atom stereocenters.